The van der Waals surface area contributed by atoms with Gasteiger partial charge in [0.05, 0.1) is 12.5 Å². The number of rotatable bonds is 2. The van der Waals surface area contributed by atoms with Crippen molar-refractivity contribution < 1.29 is 14.0 Å². The van der Waals surface area contributed by atoms with Crippen molar-refractivity contribution in [2.45, 2.75) is 64.5 Å². The SMILES string of the molecule is C[C@@H]1[C@H]2CC(=O)O[C@H]2C=C[C@@H]1O[Si](C)(C)C(C)(C)C. The summed E-state index contributed by atoms with van der Waals surface area (Å²) in [5.41, 5.74) is 0. The summed E-state index contributed by atoms with van der Waals surface area (Å²) in [7, 11) is -1.77. The Labute approximate surface area is 117 Å². The van der Waals surface area contributed by atoms with Crippen molar-refractivity contribution in [2.75, 3.05) is 0 Å². The van der Waals surface area contributed by atoms with Gasteiger partial charge in [-0.05, 0) is 30.1 Å². The Morgan fingerprint density at radius 3 is 2.53 bits per heavy atom. The Balaban J connectivity index is 2.11. The number of carbonyl (C=O) groups is 1. The van der Waals surface area contributed by atoms with Crippen LogP contribution in [0.25, 0.3) is 0 Å². The predicted octanol–water partition coefficient (Wildman–Crippen LogP) is 3.51. The van der Waals surface area contributed by atoms with Gasteiger partial charge in [-0.3, -0.25) is 4.79 Å². The summed E-state index contributed by atoms with van der Waals surface area (Å²) >= 11 is 0. The first-order chi connectivity index (χ1) is 8.62. The molecule has 1 fully saturated rings. The lowest BCUT2D eigenvalue weighted by atomic mass is 9.80. The van der Waals surface area contributed by atoms with Crippen molar-refractivity contribution in [3.8, 4) is 0 Å². The molecule has 0 saturated carbocycles. The lowest BCUT2D eigenvalue weighted by Crippen LogP contribution is -2.47. The standard InChI is InChI=1S/C15H26O3Si/c1-10-11-9-14(16)17-13(11)8-7-12(10)18-19(5,6)15(2,3)4/h7-8,10-13H,9H2,1-6H3/t10-,11-,12+,13+/m1/s1. The van der Waals surface area contributed by atoms with Gasteiger partial charge in [-0.2, -0.15) is 0 Å². The van der Waals surface area contributed by atoms with Gasteiger partial charge in [0.25, 0.3) is 0 Å². The van der Waals surface area contributed by atoms with Crippen LogP contribution in [0.5, 0.6) is 0 Å². The third kappa shape index (κ3) is 2.79. The van der Waals surface area contributed by atoms with Crippen LogP contribution in [0.1, 0.15) is 34.1 Å². The molecule has 1 aliphatic carbocycles. The zero-order valence-electron chi connectivity index (χ0n) is 12.9. The number of hydrogen-bond acceptors (Lipinski definition) is 3. The van der Waals surface area contributed by atoms with Gasteiger partial charge >= 0.3 is 5.97 Å². The Hall–Kier alpha value is -0.613. The smallest absolute Gasteiger partial charge is 0.306 e. The van der Waals surface area contributed by atoms with E-state index in [0.717, 1.165) is 0 Å². The minimum Gasteiger partial charge on any atom is -0.458 e. The van der Waals surface area contributed by atoms with E-state index in [2.05, 4.69) is 46.9 Å². The van der Waals surface area contributed by atoms with Crippen LogP contribution in [0.15, 0.2) is 12.2 Å². The van der Waals surface area contributed by atoms with E-state index in [0.29, 0.717) is 12.3 Å². The fraction of sp³-hybridized carbons (Fsp3) is 0.800. The Morgan fingerprint density at radius 2 is 1.95 bits per heavy atom. The lowest BCUT2D eigenvalue weighted by Gasteiger charge is -2.42. The molecule has 3 nitrogen and oxygen atoms in total. The molecule has 0 aromatic rings. The summed E-state index contributed by atoms with van der Waals surface area (Å²) in [6.45, 7) is 13.5. The van der Waals surface area contributed by atoms with E-state index in [1.54, 1.807) is 0 Å². The minimum atomic E-state index is -1.77. The molecule has 108 valence electrons. The van der Waals surface area contributed by atoms with E-state index in [1.165, 1.54) is 0 Å². The second-order valence-electron chi connectivity index (χ2n) is 7.41. The normalized spacial score (nSPS) is 35.2. The maximum absolute atomic E-state index is 11.4. The summed E-state index contributed by atoms with van der Waals surface area (Å²) in [5, 5.41) is 0.208. The first-order valence-corrected chi connectivity index (χ1v) is 10.1. The molecule has 2 aliphatic rings. The lowest BCUT2D eigenvalue weighted by molar-refractivity contribution is -0.140. The molecule has 0 amide bonds. The summed E-state index contributed by atoms with van der Waals surface area (Å²) in [4.78, 5) is 11.4. The van der Waals surface area contributed by atoms with Gasteiger partial charge in [0.1, 0.15) is 6.10 Å². The van der Waals surface area contributed by atoms with Gasteiger partial charge in [-0.15, -0.1) is 0 Å². The number of esters is 1. The van der Waals surface area contributed by atoms with Crippen LogP contribution >= 0.6 is 0 Å². The molecule has 0 bridgehead atoms. The van der Waals surface area contributed by atoms with Gasteiger partial charge in [-0.25, -0.2) is 0 Å². The van der Waals surface area contributed by atoms with Gasteiger partial charge in [0.2, 0.25) is 0 Å². The molecule has 0 aromatic heterocycles. The van der Waals surface area contributed by atoms with Crippen molar-refractivity contribution in [1.82, 2.24) is 0 Å². The molecule has 0 radical (unpaired) electrons. The van der Waals surface area contributed by atoms with Crippen molar-refractivity contribution in [2.24, 2.45) is 11.8 Å². The molecule has 0 N–H and O–H groups in total. The maximum atomic E-state index is 11.4. The number of hydrogen-bond donors (Lipinski definition) is 0. The van der Waals surface area contributed by atoms with Gasteiger partial charge in [0.15, 0.2) is 8.32 Å². The zero-order valence-corrected chi connectivity index (χ0v) is 13.9. The molecule has 19 heavy (non-hydrogen) atoms. The Morgan fingerprint density at radius 1 is 1.32 bits per heavy atom. The molecule has 1 aliphatic heterocycles. The van der Waals surface area contributed by atoms with Gasteiger partial charge in [0, 0.05) is 5.92 Å². The molecular formula is C15H26O3Si. The summed E-state index contributed by atoms with van der Waals surface area (Å²) in [5.74, 6) is 0.558. The van der Waals surface area contributed by atoms with Crippen LogP contribution in [0, 0.1) is 11.8 Å². The highest BCUT2D eigenvalue weighted by Crippen LogP contribution is 2.42. The van der Waals surface area contributed by atoms with Gasteiger partial charge in [-0.1, -0.05) is 33.8 Å². The fourth-order valence-corrected chi connectivity index (χ4v) is 3.89. The second-order valence-corrected chi connectivity index (χ2v) is 12.2. The highest BCUT2D eigenvalue weighted by atomic mass is 28.4. The quantitative estimate of drug-likeness (QED) is 0.442. The first kappa shape index (κ1) is 14.8. The Bertz CT molecular complexity index is 395. The fourth-order valence-electron chi connectivity index (χ4n) is 2.56. The van der Waals surface area contributed by atoms with Crippen molar-refractivity contribution in [3.05, 3.63) is 12.2 Å². The van der Waals surface area contributed by atoms with Gasteiger partial charge < -0.3 is 9.16 Å². The maximum Gasteiger partial charge on any atom is 0.306 e. The van der Waals surface area contributed by atoms with Crippen molar-refractivity contribution in [1.29, 1.82) is 0 Å². The topological polar surface area (TPSA) is 35.5 Å². The number of carbonyl (C=O) groups excluding carboxylic acids is 1. The molecule has 0 unspecified atom stereocenters. The largest absolute Gasteiger partial charge is 0.458 e. The summed E-state index contributed by atoms with van der Waals surface area (Å²) in [6, 6.07) is 0. The van der Waals surface area contributed by atoms with Crippen molar-refractivity contribution in [3.63, 3.8) is 0 Å². The monoisotopic (exact) mass is 282 g/mol. The van der Waals surface area contributed by atoms with E-state index in [1.807, 2.05) is 6.08 Å². The Kier molecular flexibility index (Phi) is 3.69. The molecule has 1 saturated heterocycles. The molecule has 4 atom stereocenters. The van der Waals surface area contributed by atoms with Crippen molar-refractivity contribution >= 4 is 14.3 Å². The van der Waals surface area contributed by atoms with Crippen LogP contribution in [-0.2, 0) is 14.0 Å². The van der Waals surface area contributed by atoms with Crippen LogP contribution in [-0.4, -0.2) is 26.5 Å². The average Bonchev–Trinajstić information content (AvgIpc) is 2.62. The van der Waals surface area contributed by atoms with Crippen LogP contribution in [0.4, 0.5) is 0 Å². The zero-order chi connectivity index (χ0) is 14.4. The highest BCUT2D eigenvalue weighted by Gasteiger charge is 2.45. The average molecular weight is 282 g/mol. The van der Waals surface area contributed by atoms with Crippen LogP contribution in [0.3, 0.4) is 0 Å². The summed E-state index contributed by atoms with van der Waals surface area (Å²) < 4.78 is 11.8. The second kappa shape index (κ2) is 4.74. The van der Waals surface area contributed by atoms with Crippen LogP contribution < -0.4 is 0 Å². The van der Waals surface area contributed by atoms with E-state index >= 15 is 0 Å². The van der Waals surface area contributed by atoms with E-state index in [4.69, 9.17) is 9.16 Å². The molecule has 2 rings (SSSR count). The summed E-state index contributed by atoms with van der Waals surface area (Å²) in [6.07, 6.45) is 4.75. The third-order valence-corrected chi connectivity index (χ3v) is 9.49. The third-order valence-electron chi connectivity index (χ3n) is 5.01. The van der Waals surface area contributed by atoms with Crippen LogP contribution in [0.2, 0.25) is 18.1 Å². The predicted molar refractivity (Wildman–Crippen MR) is 78.4 cm³/mol. The van der Waals surface area contributed by atoms with E-state index < -0.39 is 8.32 Å². The minimum absolute atomic E-state index is 0.0261. The molecule has 1 heterocycles. The first-order valence-electron chi connectivity index (χ1n) is 7.17. The molecule has 4 heteroatoms. The molecule has 0 spiro atoms. The van der Waals surface area contributed by atoms with E-state index in [9.17, 15) is 4.79 Å². The molecule has 0 aromatic carbocycles. The molecular weight excluding hydrogens is 256 g/mol. The number of ether oxygens (including phenoxy) is 1. The highest BCUT2D eigenvalue weighted by molar-refractivity contribution is 6.74. The number of fused-ring (bicyclic) bond motifs is 1. The van der Waals surface area contributed by atoms with E-state index in [-0.39, 0.29) is 29.1 Å².